The van der Waals surface area contributed by atoms with Crippen LogP contribution in [-0.2, 0) is 11.2 Å². The first-order valence-corrected chi connectivity index (χ1v) is 7.32. The Labute approximate surface area is 114 Å². The second-order valence-corrected chi connectivity index (χ2v) is 5.96. The van der Waals surface area contributed by atoms with Crippen molar-refractivity contribution in [3.05, 3.63) is 35.4 Å². The lowest BCUT2D eigenvalue weighted by molar-refractivity contribution is -0.0264. The molecule has 19 heavy (non-hydrogen) atoms. The van der Waals surface area contributed by atoms with Crippen LogP contribution in [0.2, 0.25) is 0 Å². The van der Waals surface area contributed by atoms with E-state index in [0.29, 0.717) is 12.6 Å². The molecule has 2 bridgehead atoms. The lowest BCUT2D eigenvalue weighted by Crippen LogP contribution is -2.44. The second-order valence-electron chi connectivity index (χ2n) is 5.96. The number of ether oxygens (including phenoxy) is 1. The van der Waals surface area contributed by atoms with Gasteiger partial charge in [0.15, 0.2) is 0 Å². The van der Waals surface area contributed by atoms with Crippen LogP contribution in [0.3, 0.4) is 0 Å². The fourth-order valence-corrected chi connectivity index (χ4v) is 3.72. The Balaban J connectivity index is 1.86. The molecule has 0 saturated carbocycles. The van der Waals surface area contributed by atoms with E-state index in [9.17, 15) is 5.11 Å². The van der Waals surface area contributed by atoms with Crippen LogP contribution in [0.4, 0.5) is 0 Å². The number of aliphatic hydroxyl groups excluding tert-OH is 1. The van der Waals surface area contributed by atoms with Gasteiger partial charge in [-0.15, -0.1) is 0 Å². The van der Waals surface area contributed by atoms with Crippen LogP contribution < -0.4 is 5.73 Å². The van der Waals surface area contributed by atoms with E-state index in [2.05, 4.69) is 19.1 Å². The lowest BCUT2D eigenvalue weighted by atomic mass is 9.68. The summed E-state index contributed by atoms with van der Waals surface area (Å²) < 4.78 is 5.93. The van der Waals surface area contributed by atoms with Gasteiger partial charge in [-0.25, -0.2) is 0 Å². The van der Waals surface area contributed by atoms with E-state index >= 15 is 0 Å². The van der Waals surface area contributed by atoms with Crippen molar-refractivity contribution < 1.29 is 9.84 Å². The molecule has 4 unspecified atom stereocenters. The van der Waals surface area contributed by atoms with E-state index in [0.717, 1.165) is 31.2 Å². The Kier molecular flexibility index (Phi) is 3.37. The van der Waals surface area contributed by atoms with Gasteiger partial charge in [0.2, 0.25) is 0 Å². The van der Waals surface area contributed by atoms with Gasteiger partial charge in [-0.05, 0) is 36.8 Å². The van der Waals surface area contributed by atoms with Crippen molar-refractivity contribution in [1.29, 1.82) is 0 Å². The zero-order valence-electron chi connectivity index (χ0n) is 11.5. The van der Waals surface area contributed by atoms with Gasteiger partial charge < -0.3 is 15.6 Å². The minimum Gasteiger partial charge on any atom is -0.388 e. The highest BCUT2D eigenvalue weighted by Crippen LogP contribution is 2.53. The highest BCUT2D eigenvalue weighted by atomic mass is 16.5. The van der Waals surface area contributed by atoms with Crippen molar-refractivity contribution in [2.45, 2.75) is 50.9 Å². The first-order chi connectivity index (χ1) is 9.19. The molecule has 2 aliphatic heterocycles. The van der Waals surface area contributed by atoms with Gasteiger partial charge in [0.05, 0.1) is 18.3 Å². The zero-order valence-corrected chi connectivity index (χ0v) is 11.5. The third kappa shape index (κ3) is 2.00. The normalized spacial score (nSPS) is 34.7. The largest absolute Gasteiger partial charge is 0.388 e. The monoisotopic (exact) mass is 261 g/mol. The highest BCUT2D eigenvalue weighted by Gasteiger charge is 2.55. The molecule has 3 N–H and O–H groups in total. The molecule has 0 aromatic heterocycles. The molecule has 2 heterocycles. The SMILES string of the molecule is CCc1ccc(C(O)C2(CN)CC3CCC2O3)cc1. The highest BCUT2D eigenvalue weighted by molar-refractivity contribution is 5.27. The second kappa shape index (κ2) is 4.89. The van der Waals surface area contributed by atoms with Crippen LogP contribution in [-0.4, -0.2) is 23.9 Å². The summed E-state index contributed by atoms with van der Waals surface area (Å²) in [6.45, 7) is 2.63. The summed E-state index contributed by atoms with van der Waals surface area (Å²) in [5.41, 5.74) is 7.99. The fourth-order valence-electron chi connectivity index (χ4n) is 3.72. The number of rotatable bonds is 4. The van der Waals surface area contributed by atoms with Crippen molar-refractivity contribution >= 4 is 0 Å². The van der Waals surface area contributed by atoms with Gasteiger partial charge >= 0.3 is 0 Å². The molecule has 3 heteroatoms. The molecular weight excluding hydrogens is 238 g/mol. The summed E-state index contributed by atoms with van der Waals surface area (Å²) >= 11 is 0. The molecule has 2 aliphatic rings. The molecule has 1 aromatic rings. The summed E-state index contributed by atoms with van der Waals surface area (Å²) in [4.78, 5) is 0. The number of aryl methyl sites for hydroxylation is 1. The number of benzene rings is 1. The predicted octanol–water partition coefficient (Wildman–Crippen LogP) is 2.18. The first kappa shape index (κ1) is 13.1. The molecule has 104 valence electrons. The molecule has 0 spiro atoms. The number of nitrogens with two attached hydrogens (primary N) is 1. The van der Waals surface area contributed by atoms with Crippen LogP contribution in [0.1, 0.15) is 43.4 Å². The Morgan fingerprint density at radius 2 is 2.11 bits per heavy atom. The van der Waals surface area contributed by atoms with Crippen LogP contribution >= 0.6 is 0 Å². The van der Waals surface area contributed by atoms with Crippen molar-refractivity contribution in [3.8, 4) is 0 Å². The van der Waals surface area contributed by atoms with Crippen LogP contribution in [0, 0.1) is 5.41 Å². The topological polar surface area (TPSA) is 55.5 Å². The van der Waals surface area contributed by atoms with Gasteiger partial charge in [-0.2, -0.15) is 0 Å². The predicted molar refractivity (Wildman–Crippen MR) is 74.8 cm³/mol. The molecular formula is C16H23NO2. The number of fused-ring (bicyclic) bond motifs is 2. The van der Waals surface area contributed by atoms with Crippen LogP contribution in [0.25, 0.3) is 0 Å². The Bertz CT molecular complexity index is 445. The van der Waals surface area contributed by atoms with Gasteiger partial charge in [0.1, 0.15) is 0 Å². The van der Waals surface area contributed by atoms with E-state index in [1.54, 1.807) is 0 Å². The first-order valence-electron chi connectivity index (χ1n) is 7.32. The van der Waals surface area contributed by atoms with Gasteiger partial charge in [0, 0.05) is 12.0 Å². The quantitative estimate of drug-likeness (QED) is 0.873. The smallest absolute Gasteiger partial charge is 0.0884 e. The minimum absolute atomic E-state index is 0.128. The van der Waals surface area contributed by atoms with E-state index in [1.165, 1.54) is 5.56 Å². The Morgan fingerprint density at radius 3 is 2.58 bits per heavy atom. The summed E-state index contributed by atoms with van der Waals surface area (Å²) in [6.07, 6.45) is 3.98. The Hall–Kier alpha value is -0.900. The van der Waals surface area contributed by atoms with Crippen molar-refractivity contribution in [2.24, 2.45) is 11.1 Å². The average molecular weight is 261 g/mol. The van der Waals surface area contributed by atoms with Crippen molar-refractivity contribution in [3.63, 3.8) is 0 Å². The molecule has 0 amide bonds. The number of hydrogen-bond donors (Lipinski definition) is 2. The maximum absolute atomic E-state index is 10.8. The molecule has 3 rings (SSSR count). The number of hydrogen-bond acceptors (Lipinski definition) is 3. The molecule has 1 aromatic carbocycles. The maximum Gasteiger partial charge on any atom is 0.0884 e. The maximum atomic E-state index is 10.8. The third-order valence-electron chi connectivity index (χ3n) is 4.98. The summed E-state index contributed by atoms with van der Waals surface area (Å²) in [7, 11) is 0. The van der Waals surface area contributed by atoms with Crippen molar-refractivity contribution in [1.82, 2.24) is 0 Å². The van der Waals surface area contributed by atoms with Crippen LogP contribution in [0.15, 0.2) is 24.3 Å². The number of aliphatic hydroxyl groups is 1. The van der Waals surface area contributed by atoms with Gasteiger partial charge in [0.25, 0.3) is 0 Å². The third-order valence-corrected chi connectivity index (χ3v) is 4.98. The summed E-state index contributed by atoms with van der Waals surface area (Å²) in [5.74, 6) is 0. The van der Waals surface area contributed by atoms with Crippen LogP contribution in [0.5, 0.6) is 0 Å². The molecule has 0 radical (unpaired) electrons. The van der Waals surface area contributed by atoms with E-state index in [-0.39, 0.29) is 11.5 Å². The average Bonchev–Trinajstić information content (AvgIpc) is 3.07. The molecule has 3 nitrogen and oxygen atoms in total. The molecule has 2 fully saturated rings. The van der Waals surface area contributed by atoms with Crippen molar-refractivity contribution in [2.75, 3.05) is 6.54 Å². The fraction of sp³-hybridized carbons (Fsp3) is 0.625. The Morgan fingerprint density at radius 1 is 1.37 bits per heavy atom. The zero-order chi connectivity index (χ0) is 13.5. The summed E-state index contributed by atoms with van der Waals surface area (Å²) in [6, 6.07) is 8.26. The molecule has 4 atom stereocenters. The van der Waals surface area contributed by atoms with E-state index in [1.807, 2.05) is 12.1 Å². The minimum atomic E-state index is -0.515. The van der Waals surface area contributed by atoms with E-state index in [4.69, 9.17) is 10.5 Å². The molecule has 0 aliphatic carbocycles. The van der Waals surface area contributed by atoms with E-state index < -0.39 is 6.10 Å². The lowest BCUT2D eigenvalue weighted by Gasteiger charge is -2.38. The van der Waals surface area contributed by atoms with Gasteiger partial charge in [-0.3, -0.25) is 0 Å². The summed E-state index contributed by atoms with van der Waals surface area (Å²) in [5, 5.41) is 10.8. The standard InChI is InChI=1S/C16H23NO2/c1-2-11-3-5-12(6-4-11)15(18)16(10-17)9-13-7-8-14(16)19-13/h3-6,13-15,18H,2,7-10,17H2,1H3. The van der Waals surface area contributed by atoms with Gasteiger partial charge in [-0.1, -0.05) is 31.2 Å². The molecule has 2 saturated heterocycles.